The van der Waals surface area contributed by atoms with Crippen molar-refractivity contribution in [1.82, 2.24) is 0 Å². The van der Waals surface area contributed by atoms with E-state index in [1.807, 2.05) is 0 Å². The zero-order valence-corrected chi connectivity index (χ0v) is 6.30. The minimum Gasteiger partial charge on any atom is -0.396 e. The van der Waals surface area contributed by atoms with Crippen LogP contribution in [-0.4, -0.2) is 11.7 Å². The Balaban J connectivity index is 2.27. The van der Waals surface area contributed by atoms with Gasteiger partial charge in [0.25, 0.3) is 0 Å². The van der Waals surface area contributed by atoms with Crippen LogP contribution < -0.4 is 0 Å². The predicted molar refractivity (Wildman–Crippen MR) is 38.1 cm³/mol. The molecule has 0 aromatic heterocycles. The summed E-state index contributed by atoms with van der Waals surface area (Å²) in [4.78, 5) is 0. The fourth-order valence-electron chi connectivity index (χ4n) is 1.70. The largest absolute Gasteiger partial charge is 0.396 e. The third-order valence-electron chi connectivity index (χ3n) is 2.57. The van der Waals surface area contributed by atoms with Gasteiger partial charge in [-0.3, -0.25) is 0 Å². The van der Waals surface area contributed by atoms with Gasteiger partial charge in [-0.15, -0.1) is 0 Å². The fraction of sp³-hybridized carbons (Fsp3) is 1.00. The van der Waals surface area contributed by atoms with Crippen LogP contribution in [0.25, 0.3) is 0 Å². The SMILES string of the molecule is CC(C)[C@@H]1CC[C@@H]1CO. The van der Waals surface area contributed by atoms with Gasteiger partial charge in [0.1, 0.15) is 0 Å². The average molecular weight is 128 g/mol. The first-order valence-corrected chi connectivity index (χ1v) is 3.86. The lowest BCUT2D eigenvalue weighted by Gasteiger charge is -2.38. The molecule has 0 aromatic rings. The van der Waals surface area contributed by atoms with Gasteiger partial charge in [0.05, 0.1) is 0 Å². The minimum absolute atomic E-state index is 0.406. The van der Waals surface area contributed by atoms with Crippen molar-refractivity contribution in [2.24, 2.45) is 17.8 Å². The zero-order valence-electron chi connectivity index (χ0n) is 6.30. The second kappa shape index (κ2) is 2.70. The molecule has 0 heterocycles. The third-order valence-corrected chi connectivity index (χ3v) is 2.57. The molecule has 1 saturated carbocycles. The van der Waals surface area contributed by atoms with E-state index in [4.69, 9.17) is 5.11 Å². The second-order valence-electron chi connectivity index (χ2n) is 3.43. The van der Waals surface area contributed by atoms with E-state index >= 15 is 0 Å². The Morgan fingerprint density at radius 2 is 2.11 bits per heavy atom. The summed E-state index contributed by atoms with van der Waals surface area (Å²) in [5.41, 5.74) is 0. The van der Waals surface area contributed by atoms with Crippen LogP contribution in [-0.2, 0) is 0 Å². The van der Waals surface area contributed by atoms with Crippen LogP contribution in [0.15, 0.2) is 0 Å². The number of aliphatic hydroxyl groups is 1. The van der Waals surface area contributed by atoms with Crippen LogP contribution in [0.4, 0.5) is 0 Å². The van der Waals surface area contributed by atoms with Gasteiger partial charge in [-0.2, -0.15) is 0 Å². The average Bonchev–Trinajstić information content (AvgIpc) is 1.61. The van der Waals surface area contributed by atoms with E-state index in [1.54, 1.807) is 0 Å². The summed E-state index contributed by atoms with van der Waals surface area (Å²) in [6.07, 6.45) is 2.59. The molecule has 1 heteroatoms. The Kier molecular flexibility index (Phi) is 2.12. The first-order valence-electron chi connectivity index (χ1n) is 3.86. The topological polar surface area (TPSA) is 20.2 Å². The predicted octanol–water partition coefficient (Wildman–Crippen LogP) is 1.66. The summed E-state index contributed by atoms with van der Waals surface area (Å²) in [6.45, 7) is 4.89. The first-order chi connectivity index (χ1) is 4.25. The van der Waals surface area contributed by atoms with E-state index in [1.165, 1.54) is 12.8 Å². The van der Waals surface area contributed by atoms with Crippen molar-refractivity contribution in [1.29, 1.82) is 0 Å². The smallest absolute Gasteiger partial charge is 0.0462 e. The maximum absolute atomic E-state index is 8.81. The van der Waals surface area contributed by atoms with Gasteiger partial charge in [-0.05, 0) is 30.6 Å². The van der Waals surface area contributed by atoms with Gasteiger partial charge in [-0.25, -0.2) is 0 Å². The lowest BCUT2D eigenvalue weighted by molar-refractivity contribution is 0.0597. The zero-order chi connectivity index (χ0) is 6.85. The lowest BCUT2D eigenvalue weighted by atomic mass is 9.68. The number of aliphatic hydroxyl groups excluding tert-OH is 1. The molecule has 9 heavy (non-hydrogen) atoms. The van der Waals surface area contributed by atoms with Crippen molar-refractivity contribution >= 4 is 0 Å². The quantitative estimate of drug-likeness (QED) is 0.599. The highest BCUT2D eigenvalue weighted by atomic mass is 16.3. The van der Waals surface area contributed by atoms with E-state index in [2.05, 4.69) is 13.8 Å². The lowest BCUT2D eigenvalue weighted by Crippen LogP contribution is -2.32. The van der Waals surface area contributed by atoms with Crippen molar-refractivity contribution < 1.29 is 5.11 Å². The summed E-state index contributed by atoms with van der Waals surface area (Å²) < 4.78 is 0. The normalized spacial score (nSPS) is 34.7. The van der Waals surface area contributed by atoms with Gasteiger partial charge in [0, 0.05) is 6.61 Å². The van der Waals surface area contributed by atoms with Crippen molar-refractivity contribution in [3.05, 3.63) is 0 Å². The maximum atomic E-state index is 8.81. The highest BCUT2D eigenvalue weighted by molar-refractivity contribution is 4.81. The molecule has 1 nitrogen and oxygen atoms in total. The molecule has 0 saturated heterocycles. The summed E-state index contributed by atoms with van der Waals surface area (Å²) in [5, 5.41) is 8.81. The summed E-state index contributed by atoms with van der Waals surface area (Å²) >= 11 is 0. The fourth-order valence-corrected chi connectivity index (χ4v) is 1.70. The molecule has 0 amide bonds. The van der Waals surface area contributed by atoms with Crippen LogP contribution in [0.1, 0.15) is 26.7 Å². The van der Waals surface area contributed by atoms with E-state index < -0.39 is 0 Å². The highest BCUT2D eigenvalue weighted by Gasteiger charge is 2.31. The van der Waals surface area contributed by atoms with Crippen LogP contribution >= 0.6 is 0 Å². The van der Waals surface area contributed by atoms with E-state index in [0.29, 0.717) is 12.5 Å². The van der Waals surface area contributed by atoms with Gasteiger partial charge in [0.15, 0.2) is 0 Å². The molecule has 2 atom stereocenters. The van der Waals surface area contributed by atoms with E-state index in [9.17, 15) is 0 Å². The second-order valence-corrected chi connectivity index (χ2v) is 3.43. The molecule has 1 aliphatic rings. The molecule has 1 rings (SSSR count). The molecule has 0 aromatic carbocycles. The maximum Gasteiger partial charge on any atom is 0.0462 e. The summed E-state index contributed by atoms with van der Waals surface area (Å²) in [5.74, 6) is 2.22. The molecule has 1 N–H and O–H groups in total. The van der Waals surface area contributed by atoms with Crippen molar-refractivity contribution in [2.45, 2.75) is 26.7 Å². The molecule has 0 spiro atoms. The van der Waals surface area contributed by atoms with Crippen molar-refractivity contribution in [3.8, 4) is 0 Å². The molecular formula is C8H16O. The molecule has 1 aliphatic carbocycles. The van der Waals surface area contributed by atoms with Gasteiger partial charge in [-0.1, -0.05) is 13.8 Å². The van der Waals surface area contributed by atoms with Gasteiger partial charge < -0.3 is 5.11 Å². The molecule has 1 fully saturated rings. The Morgan fingerprint density at radius 3 is 2.22 bits per heavy atom. The molecule has 54 valence electrons. The molecule has 0 aliphatic heterocycles. The molecule has 0 radical (unpaired) electrons. The summed E-state index contributed by atoms with van der Waals surface area (Å²) in [6, 6.07) is 0. The molecular weight excluding hydrogens is 112 g/mol. The van der Waals surface area contributed by atoms with Gasteiger partial charge >= 0.3 is 0 Å². The summed E-state index contributed by atoms with van der Waals surface area (Å²) in [7, 11) is 0. The Morgan fingerprint density at radius 1 is 1.44 bits per heavy atom. The molecule has 0 unspecified atom stereocenters. The molecule has 0 bridgehead atoms. The van der Waals surface area contributed by atoms with Crippen LogP contribution in [0.5, 0.6) is 0 Å². The highest BCUT2D eigenvalue weighted by Crippen LogP contribution is 2.38. The Bertz CT molecular complexity index is 86.6. The van der Waals surface area contributed by atoms with Crippen LogP contribution in [0, 0.1) is 17.8 Å². The third kappa shape index (κ3) is 1.26. The Labute approximate surface area is 57.1 Å². The Hall–Kier alpha value is -0.0400. The standard InChI is InChI=1S/C8H16O/c1-6(2)8-4-3-7(8)5-9/h6-9H,3-5H2,1-2H3/t7-,8+/m1/s1. The first kappa shape index (κ1) is 7.07. The number of hydrogen-bond acceptors (Lipinski definition) is 1. The van der Waals surface area contributed by atoms with Crippen molar-refractivity contribution in [2.75, 3.05) is 6.61 Å². The van der Waals surface area contributed by atoms with Crippen molar-refractivity contribution in [3.63, 3.8) is 0 Å². The van der Waals surface area contributed by atoms with Crippen LogP contribution in [0.2, 0.25) is 0 Å². The van der Waals surface area contributed by atoms with Gasteiger partial charge in [0.2, 0.25) is 0 Å². The van der Waals surface area contributed by atoms with Crippen LogP contribution in [0.3, 0.4) is 0 Å². The number of rotatable bonds is 2. The monoisotopic (exact) mass is 128 g/mol. The van der Waals surface area contributed by atoms with E-state index in [-0.39, 0.29) is 0 Å². The number of hydrogen-bond donors (Lipinski definition) is 1. The minimum atomic E-state index is 0.406. The van der Waals surface area contributed by atoms with E-state index in [0.717, 1.165) is 11.8 Å².